The van der Waals surface area contributed by atoms with Crippen LogP contribution in [0.4, 0.5) is 0 Å². The average molecular weight is 486 g/mol. The van der Waals surface area contributed by atoms with Gasteiger partial charge in [-0.3, -0.25) is 24.2 Å². The Labute approximate surface area is 197 Å². The second-order valence-electron chi connectivity index (χ2n) is 8.47. The van der Waals surface area contributed by atoms with E-state index in [1.165, 1.54) is 4.90 Å². The molecular formula is C20H35N7O7. The lowest BCUT2D eigenvalue weighted by atomic mass is 10.0. The van der Waals surface area contributed by atoms with Crippen LogP contribution < -0.4 is 27.8 Å². The van der Waals surface area contributed by atoms with Crippen LogP contribution in [0.1, 0.15) is 46.0 Å². The summed E-state index contributed by atoms with van der Waals surface area (Å²) in [5.41, 5.74) is 16.5. The van der Waals surface area contributed by atoms with Crippen molar-refractivity contribution in [2.75, 3.05) is 13.1 Å². The van der Waals surface area contributed by atoms with E-state index in [2.05, 4.69) is 15.6 Å². The minimum absolute atomic E-state index is 0.112. The first-order valence-electron chi connectivity index (χ1n) is 11.0. The molecule has 0 saturated carbocycles. The van der Waals surface area contributed by atoms with Crippen molar-refractivity contribution < 1.29 is 34.2 Å². The van der Waals surface area contributed by atoms with E-state index in [1.807, 2.05) is 0 Å². The number of carbonyl (C=O) groups excluding carboxylic acids is 3. The molecule has 0 spiro atoms. The van der Waals surface area contributed by atoms with Gasteiger partial charge in [0.2, 0.25) is 17.7 Å². The Morgan fingerprint density at radius 3 is 2.26 bits per heavy atom. The zero-order valence-corrected chi connectivity index (χ0v) is 19.4. The Balaban J connectivity index is 3.00. The molecule has 1 aliphatic heterocycles. The molecule has 14 heteroatoms. The number of likely N-dealkylation sites (tertiary alicyclic amines) is 1. The molecule has 1 aliphatic rings. The third-order valence-electron chi connectivity index (χ3n) is 5.41. The number of nitrogens with zero attached hydrogens (tertiary/aromatic N) is 2. The summed E-state index contributed by atoms with van der Waals surface area (Å²) in [6, 6.07) is -4.49. The van der Waals surface area contributed by atoms with Gasteiger partial charge in [0.15, 0.2) is 5.96 Å². The molecule has 1 fully saturated rings. The lowest BCUT2D eigenvalue weighted by Crippen LogP contribution is -2.57. The van der Waals surface area contributed by atoms with Crippen LogP contribution in [-0.4, -0.2) is 88.0 Å². The zero-order chi connectivity index (χ0) is 26.0. The molecule has 0 aliphatic carbocycles. The number of carbonyl (C=O) groups is 5. The van der Waals surface area contributed by atoms with Crippen LogP contribution in [0.5, 0.6) is 0 Å². The molecule has 0 aromatic heterocycles. The minimum atomic E-state index is -1.64. The van der Waals surface area contributed by atoms with Gasteiger partial charge in [-0.2, -0.15) is 0 Å². The van der Waals surface area contributed by atoms with Crippen molar-refractivity contribution in [2.24, 2.45) is 28.1 Å². The number of aliphatic imine (C=N–C) groups is 1. The highest BCUT2D eigenvalue weighted by molar-refractivity contribution is 5.95. The highest BCUT2D eigenvalue weighted by Crippen LogP contribution is 2.20. The summed E-state index contributed by atoms with van der Waals surface area (Å²) in [6.45, 7) is 3.95. The summed E-state index contributed by atoms with van der Waals surface area (Å²) >= 11 is 0. The third kappa shape index (κ3) is 8.84. The highest BCUT2D eigenvalue weighted by atomic mass is 16.4. The Kier molecular flexibility index (Phi) is 11.2. The van der Waals surface area contributed by atoms with Crippen LogP contribution in [-0.2, 0) is 24.0 Å². The summed E-state index contributed by atoms with van der Waals surface area (Å²) in [5, 5.41) is 22.9. The predicted molar refractivity (Wildman–Crippen MR) is 121 cm³/mol. The third-order valence-corrected chi connectivity index (χ3v) is 5.41. The smallest absolute Gasteiger partial charge is 0.326 e. The van der Waals surface area contributed by atoms with E-state index in [1.54, 1.807) is 13.8 Å². The standard InChI is InChI=1S/C20H35N7O7/c1-10(2)15(21)17(31)25-11(5-3-7-24-20(22)23)18(32)27-8-4-6-13(27)16(30)26-12(19(33)34)9-14(28)29/h10-13,15H,3-9,21H2,1-2H3,(H,25,31)(H,26,30)(H,28,29)(H,33,34)(H4,22,23,24). The molecule has 10 N–H and O–H groups in total. The zero-order valence-electron chi connectivity index (χ0n) is 19.4. The van der Waals surface area contributed by atoms with Crippen LogP contribution in [0.25, 0.3) is 0 Å². The van der Waals surface area contributed by atoms with E-state index < -0.39 is 60.2 Å². The van der Waals surface area contributed by atoms with Crippen molar-refractivity contribution in [3.8, 4) is 0 Å². The van der Waals surface area contributed by atoms with Crippen LogP contribution in [0, 0.1) is 5.92 Å². The number of aliphatic carboxylic acids is 2. The van der Waals surface area contributed by atoms with Crippen molar-refractivity contribution in [3.05, 3.63) is 0 Å². The fraction of sp³-hybridized carbons (Fsp3) is 0.700. The molecule has 14 nitrogen and oxygen atoms in total. The Morgan fingerprint density at radius 2 is 1.74 bits per heavy atom. The summed E-state index contributed by atoms with van der Waals surface area (Å²) in [5.74, 6) is -5.01. The van der Waals surface area contributed by atoms with Gasteiger partial charge in [0.1, 0.15) is 18.1 Å². The van der Waals surface area contributed by atoms with E-state index >= 15 is 0 Å². The molecule has 0 aromatic rings. The molecule has 4 unspecified atom stereocenters. The summed E-state index contributed by atoms with van der Waals surface area (Å²) in [4.78, 5) is 65.9. The van der Waals surface area contributed by atoms with Gasteiger partial charge in [-0.25, -0.2) is 4.79 Å². The Hall–Kier alpha value is -3.42. The fourth-order valence-electron chi connectivity index (χ4n) is 3.48. The van der Waals surface area contributed by atoms with Gasteiger partial charge in [-0.05, 0) is 31.6 Å². The summed E-state index contributed by atoms with van der Waals surface area (Å²) < 4.78 is 0. The molecular weight excluding hydrogens is 450 g/mol. The van der Waals surface area contributed by atoms with E-state index in [0.29, 0.717) is 12.8 Å². The predicted octanol–water partition coefficient (Wildman–Crippen LogP) is -2.46. The average Bonchev–Trinajstić information content (AvgIpc) is 3.23. The maximum atomic E-state index is 13.3. The van der Waals surface area contributed by atoms with E-state index in [0.717, 1.165) is 0 Å². The van der Waals surface area contributed by atoms with Crippen molar-refractivity contribution in [1.82, 2.24) is 15.5 Å². The van der Waals surface area contributed by atoms with E-state index in [-0.39, 0.29) is 37.8 Å². The van der Waals surface area contributed by atoms with Crippen molar-refractivity contribution in [1.29, 1.82) is 0 Å². The first-order valence-corrected chi connectivity index (χ1v) is 11.0. The van der Waals surface area contributed by atoms with Gasteiger partial charge in [0, 0.05) is 13.1 Å². The number of carboxylic acids is 2. The van der Waals surface area contributed by atoms with Gasteiger partial charge in [0.25, 0.3) is 0 Å². The molecule has 3 amide bonds. The monoisotopic (exact) mass is 485 g/mol. The number of hydrogen-bond donors (Lipinski definition) is 7. The minimum Gasteiger partial charge on any atom is -0.481 e. The van der Waals surface area contributed by atoms with E-state index in [9.17, 15) is 29.1 Å². The van der Waals surface area contributed by atoms with Crippen molar-refractivity contribution >= 4 is 35.6 Å². The normalized spacial score (nSPS) is 18.0. The molecule has 34 heavy (non-hydrogen) atoms. The van der Waals surface area contributed by atoms with Crippen molar-refractivity contribution in [3.63, 3.8) is 0 Å². The first-order chi connectivity index (χ1) is 15.8. The summed E-state index contributed by atoms with van der Waals surface area (Å²) in [6.07, 6.45) is 0.458. The maximum absolute atomic E-state index is 13.3. The molecule has 0 radical (unpaired) electrons. The molecule has 0 aromatic carbocycles. The maximum Gasteiger partial charge on any atom is 0.326 e. The molecule has 4 atom stereocenters. The van der Waals surface area contributed by atoms with Gasteiger partial charge in [-0.15, -0.1) is 0 Å². The topological polar surface area (TPSA) is 244 Å². The van der Waals surface area contributed by atoms with Crippen LogP contribution >= 0.6 is 0 Å². The number of carboxylic acid groups (broad SMARTS) is 2. The second-order valence-corrected chi connectivity index (χ2v) is 8.47. The summed E-state index contributed by atoms with van der Waals surface area (Å²) in [7, 11) is 0. The molecule has 0 bridgehead atoms. The molecule has 192 valence electrons. The Morgan fingerprint density at radius 1 is 1.09 bits per heavy atom. The number of nitrogens with one attached hydrogen (secondary N) is 2. The molecule has 1 heterocycles. The highest BCUT2D eigenvalue weighted by Gasteiger charge is 2.39. The van der Waals surface area contributed by atoms with Crippen molar-refractivity contribution in [2.45, 2.75) is 70.1 Å². The second kappa shape index (κ2) is 13.3. The largest absolute Gasteiger partial charge is 0.481 e. The van der Waals surface area contributed by atoms with Gasteiger partial charge in [-0.1, -0.05) is 13.8 Å². The van der Waals surface area contributed by atoms with Crippen LogP contribution in [0.15, 0.2) is 4.99 Å². The number of amides is 3. The number of rotatable bonds is 13. The SMILES string of the molecule is CC(C)C(N)C(=O)NC(CCCN=C(N)N)C(=O)N1CCCC1C(=O)NC(CC(=O)O)C(=O)O. The van der Waals surface area contributed by atoms with Crippen LogP contribution in [0.2, 0.25) is 0 Å². The number of nitrogens with two attached hydrogens (primary N) is 3. The fourth-order valence-corrected chi connectivity index (χ4v) is 3.48. The van der Waals surface area contributed by atoms with Gasteiger partial charge < -0.3 is 42.9 Å². The number of guanidine groups is 1. The quantitative estimate of drug-likeness (QED) is 0.0823. The lowest BCUT2D eigenvalue weighted by Gasteiger charge is -2.30. The Bertz CT molecular complexity index is 798. The van der Waals surface area contributed by atoms with Gasteiger partial charge in [0.05, 0.1) is 12.5 Å². The molecule has 1 saturated heterocycles. The van der Waals surface area contributed by atoms with Crippen LogP contribution in [0.3, 0.4) is 0 Å². The van der Waals surface area contributed by atoms with E-state index in [4.69, 9.17) is 22.3 Å². The lowest BCUT2D eigenvalue weighted by molar-refractivity contribution is -0.148. The van der Waals surface area contributed by atoms with Gasteiger partial charge >= 0.3 is 11.9 Å². The number of hydrogen-bond acceptors (Lipinski definition) is 7. The first kappa shape index (κ1) is 28.6. The molecule has 1 rings (SSSR count).